The fourth-order valence-corrected chi connectivity index (χ4v) is 2.26. The second kappa shape index (κ2) is 6.45. The Balaban J connectivity index is 1.74. The molecule has 2 N–H and O–H groups in total. The van der Waals surface area contributed by atoms with Crippen LogP contribution >= 0.6 is 0 Å². The minimum Gasteiger partial charge on any atom is -0.324 e. The van der Waals surface area contributed by atoms with Gasteiger partial charge in [-0.05, 0) is 30.3 Å². The maximum atomic E-state index is 13.6. The first-order valence-corrected chi connectivity index (χ1v) is 7.18. The maximum Gasteiger partial charge on any atom is 0.246 e. The average Bonchev–Trinajstić information content (AvgIpc) is 2.93. The van der Waals surface area contributed by atoms with Crippen molar-refractivity contribution < 1.29 is 14.0 Å². The topological polar surface area (TPSA) is 88.9 Å². The largest absolute Gasteiger partial charge is 0.324 e. The summed E-state index contributed by atoms with van der Waals surface area (Å²) in [6, 6.07) is 11.2. The van der Waals surface area contributed by atoms with Gasteiger partial charge in [0.15, 0.2) is 0 Å². The minimum absolute atomic E-state index is 0.00602. The van der Waals surface area contributed by atoms with Crippen molar-refractivity contribution in [1.29, 1.82) is 0 Å². The van der Waals surface area contributed by atoms with Crippen LogP contribution in [-0.2, 0) is 16.1 Å². The van der Waals surface area contributed by atoms with Crippen LogP contribution < -0.4 is 10.6 Å². The van der Waals surface area contributed by atoms with Crippen molar-refractivity contribution in [3.05, 3.63) is 48.3 Å². The van der Waals surface area contributed by atoms with Gasteiger partial charge in [-0.25, -0.2) is 9.07 Å². The number of aromatic nitrogens is 3. The Morgan fingerprint density at radius 1 is 1.17 bits per heavy atom. The van der Waals surface area contributed by atoms with E-state index in [9.17, 15) is 14.0 Å². The number of hydrogen-bond donors (Lipinski definition) is 2. The summed E-state index contributed by atoms with van der Waals surface area (Å²) in [5, 5.41) is 12.9. The molecule has 0 saturated carbocycles. The third kappa shape index (κ3) is 3.37. The molecule has 1 heterocycles. The van der Waals surface area contributed by atoms with Gasteiger partial charge in [0.1, 0.15) is 17.9 Å². The fraction of sp³-hybridized carbons (Fsp3) is 0.125. The third-order valence-electron chi connectivity index (χ3n) is 3.27. The van der Waals surface area contributed by atoms with E-state index in [0.29, 0.717) is 11.2 Å². The molecule has 0 fully saturated rings. The molecule has 7 nitrogen and oxygen atoms in total. The molecule has 24 heavy (non-hydrogen) atoms. The number of benzene rings is 2. The Labute approximate surface area is 136 Å². The van der Waals surface area contributed by atoms with E-state index < -0.39 is 11.7 Å². The molecule has 1 aromatic heterocycles. The van der Waals surface area contributed by atoms with Gasteiger partial charge in [0.25, 0.3) is 0 Å². The molecular formula is C16H14FN5O2. The molecule has 0 radical (unpaired) electrons. The van der Waals surface area contributed by atoms with Gasteiger partial charge in [-0.3, -0.25) is 9.59 Å². The molecule has 2 aromatic carbocycles. The average molecular weight is 327 g/mol. The zero-order valence-corrected chi connectivity index (χ0v) is 12.8. The third-order valence-corrected chi connectivity index (χ3v) is 3.27. The lowest BCUT2D eigenvalue weighted by Gasteiger charge is -2.09. The van der Waals surface area contributed by atoms with Gasteiger partial charge in [-0.2, -0.15) is 0 Å². The van der Waals surface area contributed by atoms with E-state index in [1.807, 2.05) is 18.2 Å². The summed E-state index contributed by atoms with van der Waals surface area (Å²) in [5.41, 5.74) is 1.81. The predicted molar refractivity (Wildman–Crippen MR) is 86.9 cm³/mol. The van der Waals surface area contributed by atoms with Crippen LogP contribution in [0.15, 0.2) is 42.5 Å². The Morgan fingerprint density at radius 2 is 1.96 bits per heavy atom. The fourth-order valence-electron chi connectivity index (χ4n) is 2.26. The van der Waals surface area contributed by atoms with Gasteiger partial charge in [-0.1, -0.05) is 17.3 Å². The van der Waals surface area contributed by atoms with Crippen LogP contribution in [0.1, 0.15) is 6.92 Å². The molecule has 0 aliphatic rings. The van der Waals surface area contributed by atoms with Gasteiger partial charge in [0.05, 0.1) is 11.2 Å². The van der Waals surface area contributed by atoms with Gasteiger partial charge < -0.3 is 10.6 Å². The minimum atomic E-state index is -0.578. The van der Waals surface area contributed by atoms with Gasteiger partial charge >= 0.3 is 0 Å². The lowest BCUT2D eigenvalue weighted by Crippen LogP contribution is -2.19. The Morgan fingerprint density at radius 3 is 2.75 bits per heavy atom. The summed E-state index contributed by atoms with van der Waals surface area (Å²) in [7, 11) is 0. The number of nitrogens with zero attached hydrogens (tertiary/aromatic N) is 3. The highest BCUT2D eigenvalue weighted by Gasteiger charge is 2.10. The Kier molecular flexibility index (Phi) is 4.19. The number of amides is 2. The summed E-state index contributed by atoms with van der Waals surface area (Å²) >= 11 is 0. The molecular weight excluding hydrogens is 313 g/mol. The van der Waals surface area contributed by atoms with E-state index in [1.165, 1.54) is 29.8 Å². The lowest BCUT2D eigenvalue weighted by molar-refractivity contribution is -0.117. The van der Waals surface area contributed by atoms with Crippen molar-refractivity contribution >= 4 is 34.2 Å². The highest BCUT2D eigenvalue weighted by molar-refractivity contribution is 5.93. The van der Waals surface area contributed by atoms with Gasteiger partial charge in [0.2, 0.25) is 11.8 Å². The van der Waals surface area contributed by atoms with Crippen LogP contribution in [0.2, 0.25) is 0 Å². The van der Waals surface area contributed by atoms with E-state index in [2.05, 4.69) is 20.9 Å². The Hall–Kier alpha value is -3.29. The van der Waals surface area contributed by atoms with Crippen molar-refractivity contribution in [2.24, 2.45) is 0 Å². The monoisotopic (exact) mass is 327 g/mol. The number of hydrogen-bond acceptors (Lipinski definition) is 4. The number of halogens is 1. The quantitative estimate of drug-likeness (QED) is 0.768. The number of carbonyl (C=O) groups is 2. The molecule has 0 unspecified atom stereocenters. The van der Waals surface area contributed by atoms with Crippen LogP contribution in [0.5, 0.6) is 0 Å². The van der Waals surface area contributed by atoms with Crippen LogP contribution in [0.3, 0.4) is 0 Å². The molecule has 0 atom stereocenters. The van der Waals surface area contributed by atoms with E-state index >= 15 is 0 Å². The summed E-state index contributed by atoms with van der Waals surface area (Å²) in [6.07, 6.45) is 0. The maximum absolute atomic E-state index is 13.6. The molecule has 2 amide bonds. The number of carbonyl (C=O) groups excluding carboxylic acids is 2. The van der Waals surface area contributed by atoms with Crippen molar-refractivity contribution in [1.82, 2.24) is 15.0 Å². The highest BCUT2D eigenvalue weighted by Crippen LogP contribution is 2.20. The van der Waals surface area contributed by atoms with Crippen LogP contribution in [0.25, 0.3) is 11.0 Å². The first-order chi connectivity index (χ1) is 11.5. The molecule has 8 heteroatoms. The molecule has 3 aromatic rings. The van der Waals surface area contributed by atoms with Crippen molar-refractivity contribution in [2.45, 2.75) is 13.5 Å². The van der Waals surface area contributed by atoms with Gasteiger partial charge in [-0.15, -0.1) is 5.10 Å². The first kappa shape index (κ1) is 15.6. The van der Waals surface area contributed by atoms with E-state index in [1.54, 1.807) is 6.07 Å². The smallest absolute Gasteiger partial charge is 0.246 e. The van der Waals surface area contributed by atoms with E-state index in [-0.39, 0.29) is 18.1 Å². The molecule has 0 aliphatic heterocycles. The molecule has 0 spiro atoms. The zero-order chi connectivity index (χ0) is 17.1. The second-order valence-corrected chi connectivity index (χ2v) is 5.16. The SMILES string of the molecule is CC(=O)Nc1cc(NC(=O)Cn2nnc3ccccc32)ccc1F. The molecule has 122 valence electrons. The highest BCUT2D eigenvalue weighted by atomic mass is 19.1. The van der Waals surface area contributed by atoms with Gasteiger partial charge in [0, 0.05) is 12.6 Å². The molecule has 0 saturated heterocycles. The number of rotatable bonds is 4. The lowest BCUT2D eigenvalue weighted by atomic mass is 10.2. The van der Waals surface area contributed by atoms with E-state index in [4.69, 9.17) is 0 Å². The van der Waals surface area contributed by atoms with Crippen molar-refractivity contribution in [3.8, 4) is 0 Å². The number of nitrogens with one attached hydrogen (secondary N) is 2. The summed E-state index contributed by atoms with van der Waals surface area (Å²) in [5.74, 6) is -1.32. The van der Waals surface area contributed by atoms with Crippen LogP contribution in [0.4, 0.5) is 15.8 Å². The number of anilines is 2. The van der Waals surface area contributed by atoms with E-state index in [0.717, 1.165) is 5.52 Å². The molecule has 0 bridgehead atoms. The van der Waals surface area contributed by atoms with Crippen LogP contribution in [0, 0.1) is 5.82 Å². The second-order valence-electron chi connectivity index (χ2n) is 5.16. The normalized spacial score (nSPS) is 10.6. The standard InChI is InChI=1S/C16H14FN5O2/c1-10(23)18-14-8-11(6-7-12(14)17)19-16(24)9-22-15-5-3-2-4-13(15)20-21-22/h2-8H,9H2,1H3,(H,18,23)(H,19,24). The molecule has 0 aliphatic carbocycles. The van der Waals surface area contributed by atoms with Crippen molar-refractivity contribution in [2.75, 3.05) is 10.6 Å². The molecule has 3 rings (SSSR count). The van der Waals surface area contributed by atoms with Crippen LogP contribution in [-0.4, -0.2) is 26.8 Å². The number of fused-ring (bicyclic) bond motifs is 1. The Bertz CT molecular complexity index is 922. The predicted octanol–water partition coefficient (Wildman–Crippen LogP) is 2.17. The summed E-state index contributed by atoms with van der Waals surface area (Å²) < 4.78 is 15.1. The first-order valence-electron chi connectivity index (χ1n) is 7.18. The summed E-state index contributed by atoms with van der Waals surface area (Å²) in [6.45, 7) is 1.24. The zero-order valence-electron chi connectivity index (χ0n) is 12.8. The number of para-hydroxylation sites is 1. The summed E-state index contributed by atoms with van der Waals surface area (Å²) in [4.78, 5) is 23.2. The van der Waals surface area contributed by atoms with Crippen molar-refractivity contribution in [3.63, 3.8) is 0 Å².